The Hall–Kier alpha value is -2.38. The molecule has 0 atom stereocenters. The van der Waals surface area contributed by atoms with Gasteiger partial charge < -0.3 is 10.1 Å². The molecule has 1 aliphatic heterocycles. The third-order valence-corrected chi connectivity index (χ3v) is 7.04. The lowest BCUT2D eigenvalue weighted by Crippen LogP contribution is -2.31. The van der Waals surface area contributed by atoms with Crippen molar-refractivity contribution in [1.82, 2.24) is 4.31 Å². The van der Waals surface area contributed by atoms with Gasteiger partial charge in [0.15, 0.2) is 0 Å². The summed E-state index contributed by atoms with van der Waals surface area (Å²) in [6.07, 6.45) is 4.12. The molecular weight excluding hydrogens is 388 g/mol. The largest absolute Gasteiger partial charge is 0.496 e. The van der Waals surface area contributed by atoms with Gasteiger partial charge in [0.2, 0.25) is 15.9 Å². The highest BCUT2D eigenvalue weighted by molar-refractivity contribution is 7.89. The summed E-state index contributed by atoms with van der Waals surface area (Å²) in [5.41, 5.74) is 2.43. The summed E-state index contributed by atoms with van der Waals surface area (Å²) in [6.45, 7) is 3.10. The van der Waals surface area contributed by atoms with E-state index in [0.29, 0.717) is 24.5 Å². The molecule has 0 saturated carbocycles. The summed E-state index contributed by atoms with van der Waals surface area (Å²) >= 11 is 0. The van der Waals surface area contributed by atoms with E-state index in [2.05, 4.69) is 5.32 Å². The van der Waals surface area contributed by atoms with Crippen LogP contribution in [0.5, 0.6) is 5.75 Å². The molecule has 1 aliphatic rings. The van der Waals surface area contributed by atoms with Gasteiger partial charge in [-0.3, -0.25) is 4.79 Å². The number of ether oxygens (including phenoxy) is 1. The molecule has 1 amide bonds. The van der Waals surface area contributed by atoms with Crippen LogP contribution in [0.1, 0.15) is 36.8 Å². The van der Waals surface area contributed by atoms with E-state index in [9.17, 15) is 13.2 Å². The van der Waals surface area contributed by atoms with Crippen LogP contribution in [-0.4, -0.2) is 38.8 Å². The fourth-order valence-electron chi connectivity index (χ4n) is 3.57. The number of carbonyl (C=O) groups excluding carboxylic acids is 1. The molecule has 29 heavy (non-hydrogen) atoms. The lowest BCUT2D eigenvalue weighted by molar-refractivity contribution is -0.115. The molecule has 1 heterocycles. The summed E-state index contributed by atoms with van der Waals surface area (Å²) in [6, 6.07) is 12.1. The van der Waals surface area contributed by atoms with Crippen molar-refractivity contribution >= 4 is 21.6 Å². The number of methoxy groups -OCH3 is 1. The Morgan fingerprint density at radius 1 is 1.03 bits per heavy atom. The number of sulfonamides is 1. The highest BCUT2D eigenvalue weighted by atomic mass is 32.2. The van der Waals surface area contributed by atoms with E-state index in [-0.39, 0.29) is 17.2 Å². The van der Waals surface area contributed by atoms with E-state index in [1.165, 1.54) is 0 Å². The quantitative estimate of drug-likeness (QED) is 0.778. The van der Waals surface area contributed by atoms with Gasteiger partial charge in [-0.15, -0.1) is 0 Å². The van der Waals surface area contributed by atoms with Gasteiger partial charge in [0, 0.05) is 24.3 Å². The molecule has 1 fully saturated rings. The zero-order valence-electron chi connectivity index (χ0n) is 17.0. The highest BCUT2D eigenvalue weighted by Crippen LogP contribution is 2.23. The van der Waals surface area contributed by atoms with Crippen molar-refractivity contribution in [2.75, 3.05) is 25.5 Å². The zero-order valence-corrected chi connectivity index (χ0v) is 17.8. The number of hydrogen-bond donors (Lipinski definition) is 1. The highest BCUT2D eigenvalue weighted by Gasteiger charge is 2.25. The van der Waals surface area contributed by atoms with Crippen molar-refractivity contribution in [1.29, 1.82) is 0 Å². The van der Waals surface area contributed by atoms with Crippen LogP contribution in [0, 0.1) is 6.92 Å². The van der Waals surface area contributed by atoms with E-state index in [0.717, 1.165) is 36.8 Å². The second-order valence-electron chi connectivity index (χ2n) is 7.38. The number of hydrogen-bond acceptors (Lipinski definition) is 4. The zero-order chi connectivity index (χ0) is 20.9. The van der Waals surface area contributed by atoms with Gasteiger partial charge in [-0.05, 0) is 50.1 Å². The van der Waals surface area contributed by atoms with E-state index < -0.39 is 10.0 Å². The Morgan fingerprint density at radius 3 is 2.31 bits per heavy atom. The first-order valence-corrected chi connectivity index (χ1v) is 11.4. The number of anilines is 1. The maximum absolute atomic E-state index is 12.8. The van der Waals surface area contributed by atoms with E-state index in [4.69, 9.17) is 4.74 Å². The molecule has 156 valence electrons. The van der Waals surface area contributed by atoms with Crippen LogP contribution >= 0.6 is 0 Å². The van der Waals surface area contributed by atoms with Crippen LogP contribution in [0.2, 0.25) is 0 Å². The minimum atomic E-state index is -3.49. The number of amides is 1. The summed E-state index contributed by atoms with van der Waals surface area (Å²) in [7, 11) is -1.91. The van der Waals surface area contributed by atoms with Crippen molar-refractivity contribution in [3.05, 3.63) is 53.6 Å². The summed E-state index contributed by atoms with van der Waals surface area (Å²) in [5, 5.41) is 2.83. The first kappa shape index (κ1) is 21.3. The lowest BCUT2D eigenvalue weighted by atomic mass is 10.1. The molecule has 2 aromatic rings. The smallest absolute Gasteiger partial charge is 0.243 e. The van der Waals surface area contributed by atoms with Crippen LogP contribution in [0.3, 0.4) is 0 Å². The van der Waals surface area contributed by atoms with E-state index in [1.54, 1.807) is 35.7 Å². The number of benzene rings is 2. The van der Waals surface area contributed by atoms with E-state index in [1.807, 2.05) is 25.1 Å². The molecule has 1 saturated heterocycles. The van der Waals surface area contributed by atoms with Crippen LogP contribution < -0.4 is 10.1 Å². The third-order valence-electron chi connectivity index (χ3n) is 5.13. The number of carbonyl (C=O) groups is 1. The van der Waals surface area contributed by atoms with Crippen LogP contribution in [0.15, 0.2) is 47.4 Å². The predicted octanol–water partition coefficient (Wildman–Crippen LogP) is 3.75. The van der Waals surface area contributed by atoms with Gasteiger partial charge in [0.1, 0.15) is 5.75 Å². The topological polar surface area (TPSA) is 75.7 Å². The maximum atomic E-state index is 12.8. The third kappa shape index (κ3) is 5.36. The van der Waals surface area contributed by atoms with Crippen molar-refractivity contribution < 1.29 is 17.9 Å². The average Bonchev–Trinajstić information content (AvgIpc) is 2.99. The normalized spacial score (nSPS) is 15.5. The summed E-state index contributed by atoms with van der Waals surface area (Å²) in [5.74, 6) is 0.488. The predicted molar refractivity (Wildman–Crippen MR) is 114 cm³/mol. The Labute approximate surface area is 172 Å². The number of aryl methyl sites for hydroxylation is 1. The van der Waals surface area contributed by atoms with Gasteiger partial charge in [-0.25, -0.2) is 8.42 Å². The van der Waals surface area contributed by atoms with Gasteiger partial charge >= 0.3 is 0 Å². The maximum Gasteiger partial charge on any atom is 0.243 e. The molecule has 1 N–H and O–H groups in total. The molecule has 6 nitrogen and oxygen atoms in total. The molecule has 0 spiro atoms. The van der Waals surface area contributed by atoms with Gasteiger partial charge in [0.05, 0.1) is 18.4 Å². The number of nitrogens with one attached hydrogen (secondary N) is 1. The Bertz CT molecular complexity index is 947. The van der Waals surface area contributed by atoms with Crippen molar-refractivity contribution in [2.45, 2.75) is 43.9 Å². The van der Waals surface area contributed by atoms with Crippen LogP contribution in [0.25, 0.3) is 0 Å². The Morgan fingerprint density at radius 2 is 1.69 bits per heavy atom. The molecule has 0 unspecified atom stereocenters. The molecule has 7 heteroatoms. The minimum absolute atomic E-state index is 0.179. The van der Waals surface area contributed by atoms with Gasteiger partial charge in [-0.2, -0.15) is 4.31 Å². The number of rotatable bonds is 6. The van der Waals surface area contributed by atoms with Crippen LogP contribution in [0.4, 0.5) is 5.69 Å². The lowest BCUT2D eigenvalue weighted by Gasteiger charge is -2.20. The summed E-state index contributed by atoms with van der Waals surface area (Å²) in [4.78, 5) is 12.7. The Balaban J connectivity index is 1.67. The van der Waals surface area contributed by atoms with Gasteiger partial charge in [-0.1, -0.05) is 30.5 Å². The fourth-order valence-corrected chi connectivity index (χ4v) is 5.08. The molecule has 0 bridgehead atoms. The molecule has 3 rings (SSSR count). The summed E-state index contributed by atoms with van der Waals surface area (Å²) < 4.78 is 32.6. The molecule has 0 radical (unpaired) electrons. The van der Waals surface area contributed by atoms with Gasteiger partial charge in [0.25, 0.3) is 0 Å². The van der Waals surface area contributed by atoms with Crippen molar-refractivity contribution in [2.24, 2.45) is 0 Å². The van der Waals surface area contributed by atoms with Crippen molar-refractivity contribution in [3.8, 4) is 5.75 Å². The SMILES string of the molecule is COc1ccc(C)cc1CC(=O)Nc1ccc(S(=O)(=O)N2CCCCCC2)cc1. The molecular formula is C22H28N2O4S. The minimum Gasteiger partial charge on any atom is -0.496 e. The Kier molecular flexibility index (Phi) is 6.92. The molecule has 2 aromatic carbocycles. The molecule has 0 aliphatic carbocycles. The average molecular weight is 417 g/mol. The second kappa shape index (κ2) is 9.41. The standard InChI is InChI=1S/C22H28N2O4S/c1-17-7-12-21(28-2)18(15-17)16-22(25)23-19-8-10-20(11-9-19)29(26,27)24-13-5-3-4-6-14-24/h7-12,15H,3-6,13-14,16H2,1-2H3,(H,23,25). The number of nitrogens with zero attached hydrogens (tertiary/aromatic N) is 1. The van der Waals surface area contributed by atoms with E-state index >= 15 is 0 Å². The fraction of sp³-hybridized carbons (Fsp3) is 0.409. The first-order chi connectivity index (χ1) is 13.9. The first-order valence-electron chi connectivity index (χ1n) is 9.94. The van der Waals surface area contributed by atoms with Crippen molar-refractivity contribution in [3.63, 3.8) is 0 Å². The molecule has 0 aromatic heterocycles. The monoisotopic (exact) mass is 416 g/mol. The second-order valence-corrected chi connectivity index (χ2v) is 9.32. The van der Waals surface area contributed by atoms with Crippen LogP contribution in [-0.2, 0) is 21.2 Å².